The van der Waals surface area contributed by atoms with E-state index in [0.717, 1.165) is 18.4 Å². The number of aliphatic hydroxyl groups is 1. The highest BCUT2D eigenvalue weighted by Gasteiger charge is 2.11. The largest absolute Gasteiger partial charge is 0.388 e. The maximum atomic E-state index is 12.1. The highest BCUT2D eigenvalue weighted by atomic mass is 16.3. The molecule has 24 heavy (non-hydrogen) atoms. The van der Waals surface area contributed by atoms with Crippen molar-refractivity contribution in [3.8, 4) is 0 Å². The summed E-state index contributed by atoms with van der Waals surface area (Å²) in [6.45, 7) is 2.04. The summed E-state index contributed by atoms with van der Waals surface area (Å²) in [4.78, 5) is 24.1. The minimum Gasteiger partial charge on any atom is -0.388 e. The molecule has 0 fully saturated rings. The maximum absolute atomic E-state index is 12.1. The van der Waals surface area contributed by atoms with Crippen molar-refractivity contribution < 1.29 is 14.7 Å². The van der Waals surface area contributed by atoms with Crippen LogP contribution in [0.5, 0.6) is 0 Å². The minimum atomic E-state index is -0.498. The van der Waals surface area contributed by atoms with Crippen LogP contribution in [0.1, 0.15) is 58.6 Å². The molecule has 1 unspecified atom stereocenters. The van der Waals surface area contributed by atoms with Crippen LogP contribution in [0.15, 0.2) is 54.6 Å². The van der Waals surface area contributed by atoms with E-state index in [1.807, 2.05) is 6.07 Å². The van der Waals surface area contributed by atoms with Crippen molar-refractivity contribution in [3.05, 3.63) is 71.3 Å². The van der Waals surface area contributed by atoms with E-state index in [4.69, 9.17) is 0 Å². The number of aliphatic hydroxyl groups excluding tert-OH is 1. The van der Waals surface area contributed by atoms with Gasteiger partial charge in [-0.2, -0.15) is 0 Å². The normalized spacial score (nSPS) is 11.8. The van der Waals surface area contributed by atoms with Crippen LogP contribution in [0, 0.1) is 0 Å². The van der Waals surface area contributed by atoms with E-state index in [0.29, 0.717) is 17.5 Å². The lowest BCUT2D eigenvalue weighted by atomic mass is 10.0. The molecule has 2 rings (SSSR count). The summed E-state index contributed by atoms with van der Waals surface area (Å²) in [5, 5.41) is 12.7. The third-order valence-corrected chi connectivity index (χ3v) is 3.89. The molecule has 0 saturated heterocycles. The average molecular weight is 325 g/mol. The predicted octanol–water partition coefficient (Wildman–Crippen LogP) is 3.52. The number of ketones is 1. The van der Waals surface area contributed by atoms with Crippen LogP contribution in [0.25, 0.3) is 0 Å². The van der Waals surface area contributed by atoms with Gasteiger partial charge in [0.25, 0.3) is 5.91 Å². The molecule has 0 heterocycles. The smallest absolute Gasteiger partial charge is 0.251 e. The second-order valence-electron chi connectivity index (χ2n) is 5.75. The predicted molar refractivity (Wildman–Crippen MR) is 94.0 cm³/mol. The molecule has 0 aromatic heterocycles. The maximum Gasteiger partial charge on any atom is 0.251 e. The standard InChI is InChI=1S/C20H23NO3/c1-2-3-9-18(22)16-10-12-17(13-11-16)20(24)21-14-19(23)15-7-5-4-6-8-15/h4-8,10-13,18,22H,2-3,9,14H2,1H3,(H,21,24). The number of Topliss-reactive ketones (excluding diaryl/α,β-unsaturated/α-hetero) is 1. The van der Waals surface area contributed by atoms with Crippen molar-refractivity contribution in [2.45, 2.75) is 32.3 Å². The fourth-order valence-electron chi connectivity index (χ4n) is 2.41. The van der Waals surface area contributed by atoms with E-state index in [1.54, 1.807) is 48.5 Å². The number of hydrogen-bond donors (Lipinski definition) is 2. The lowest BCUT2D eigenvalue weighted by molar-refractivity contribution is 0.0904. The van der Waals surface area contributed by atoms with Gasteiger partial charge in [-0.25, -0.2) is 0 Å². The molecule has 0 bridgehead atoms. The number of nitrogens with one attached hydrogen (secondary N) is 1. The van der Waals surface area contributed by atoms with Crippen LogP contribution in [-0.2, 0) is 0 Å². The van der Waals surface area contributed by atoms with Gasteiger partial charge < -0.3 is 10.4 Å². The Labute approximate surface area is 142 Å². The molecule has 0 saturated carbocycles. The van der Waals surface area contributed by atoms with Gasteiger partial charge in [0, 0.05) is 11.1 Å². The summed E-state index contributed by atoms with van der Waals surface area (Å²) >= 11 is 0. The summed E-state index contributed by atoms with van der Waals surface area (Å²) in [6, 6.07) is 15.7. The lowest BCUT2D eigenvalue weighted by Gasteiger charge is -2.11. The molecule has 1 atom stereocenters. The first-order valence-electron chi connectivity index (χ1n) is 8.26. The second-order valence-corrected chi connectivity index (χ2v) is 5.75. The van der Waals surface area contributed by atoms with E-state index in [2.05, 4.69) is 12.2 Å². The van der Waals surface area contributed by atoms with Gasteiger partial charge in [-0.15, -0.1) is 0 Å². The van der Waals surface area contributed by atoms with Crippen LogP contribution in [0.2, 0.25) is 0 Å². The number of carbonyl (C=O) groups excluding carboxylic acids is 2. The molecule has 4 heteroatoms. The lowest BCUT2D eigenvalue weighted by Crippen LogP contribution is -2.29. The number of benzene rings is 2. The summed E-state index contributed by atoms with van der Waals surface area (Å²) in [5.74, 6) is -0.426. The van der Waals surface area contributed by atoms with Crippen molar-refractivity contribution in [2.75, 3.05) is 6.54 Å². The molecule has 0 aliphatic carbocycles. The SMILES string of the molecule is CCCCC(O)c1ccc(C(=O)NCC(=O)c2ccccc2)cc1. The highest BCUT2D eigenvalue weighted by molar-refractivity contribution is 6.02. The van der Waals surface area contributed by atoms with Gasteiger partial charge in [-0.05, 0) is 24.1 Å². The Balaban J connectivity index is 1.89. The van der Waals surface area contributed by atoms with Crippen LogP contribution >= 0.6 is 0 Å². The second kappa shape index (κ2) is 8.99. The van der Waals surface area contributed by atoms with E-state index in [-0.39, 0.29) is 18.2 Å². The molecule has 126 valence electrons. The Hall–Kier alpha value is -2.46. The summed E-state index contributed by atoms with van der Waals surface area (Å²) in [7, 11) is 0. The molecule has 4 nitrogen and oxygen atoms in total. The van der Waals surface area contributed by atoms with E-state index >= 15 is 0 Å². The summed E-state index contributed by atoms with van der Waals surface area (Å²) in [5.41, 5.74) is 1.86. The Morgan fingerprint density at radius 3 is 2.29 bits per heavy atom. The number of unbranched alkanes of at least 4 members (excludes halogenated alkanes) is 1. The Bertz CT molecular complexity index is 665. The third-order valence-electron chi connectivity index (χ3n) is 3.89. The quantitative estimate of drug-likeness (QED) is 0.730. The average Bonchev–Trinajstić information content (AvgIpc) is 2.64. The molecule has 0 radical (unpaired) electrons. The van der Waals surface area contributed by atoms with Crippen LogP contribution in [0.3, 0.4) is 0 Å². The zero-order chi connectivity index (χ0) is 17.4. The van der Waals surface area contributed by atoms with Crippen molar-refractivity contribution >= 4 is 11.7 Å². The monoisotopic (exact) mass is 325 g/mol. The fourth-order valence-corrected chi connectivity index (χ4v) is 2.41. The molecule has 2 aromatic rings. The first-order chi connectivity index (χ1) is 11.6. The van der Waals surface area contributed by atoms with Crippen molar-refractivity contribution in [3.63, 3.8) is 0 Å². The topological polar surface area (TPSA) is 66.4 Å². The third kappa shape index (κ3) is 5.03. The van der Waals surface area contributed by atoms with Gasteiger partial charge in [0.1, 0.15) is 0 Å². The van der Waals surface area contributed by atoms with Crippen LogP contribution in [-0.4, -0.2) is 23.3 Å². The number of rotatable bonds is 8. The molecule has 2 N–H and O–H groups in total. The minimum absolute atomic E-state index is 0.0380. The Kier molecular flexibility index (Phi) is 6.70. The van der Waals surface area contributed by atoms with Gasteiger partial charge >= 0.3 is 0 Å². The molecule has 2 aromatic carbocycles. The zero-order valence-electron chi connectivity index (χ0n) is 13.9. The molecule has 0 spiro atoms. The van der Waals surface area contributed by atoms with Crippen molar-refractivity contribution in [1.82, 2.24) is 5.32 Å². The van der Waals surface area contributed by atoms with Gasteiger partial charge in [0.2, 0.25) is 0 Å². The Morgan fingerprint density at radius 1 is 1.00 bits per heavy atom. The van der Waals surface area contributed by atoms with Gasteiger partial charge in [0.05, 0.1) is 12.6 Å². The summed E-state index contributed by atoms with van der Waals surface area (Å²) in [6.07, 6.45) is 2.22. The first kappa shape index (κ1) is 17.9. The van der Waals surface area contributed by atoms with Gasteiger partial charge in [-0.1, -0.05) is 62.2 Å². The first-order valence-corrected chi connectivity index (χ1v) is 8.26. The highest BCUT2D eigenvalue weighted by Crippen LogP contribution is 2.19. The molecule has 0 aliphatic rings. The van der Waals surface area contributed by atoms with E-state index in [9.17, 15) is 14.7 Å². The van der Waals surface area contributed by atoms with E-state index in [1.165, 1.54) is 0 Å². The summed E-state index contributed by atoms with van der Waals surface area (Å²) < 4.78 is 0. The zero-order valence-corrected chi connectivity index (χ0v) is 13.9. The van der Waals surface area contributed by atoms with Gasteiger partial charge in [-0.3, -0.25) is 9.59 Å². The number of amides is 1. The van der Waals surface area contributed by atoms with E-state index < -0.39 is 6.10 Å². The molecular weight excluding hydrogens is 302 g/mol. The van der Waals surface area contributed by atoms with Crippen molar-refractivity contribution in [2.24, 2.45) is 0 Å². The number of hydrogen-bond acceptors (Lipinski definition) is 3. The molecular formula is C20H23NO3. The molecule has 0 aliphatic heterocycles. The van der Waals surface area contributed by atoms with Crippen molar-refractivity contribution in [1.29, 1.82) is 0 Å². The van der Waals surface area contributed by atoms with Crippen LogP contribution < -0.4 is 5.32 Å². The molecule has 1 amide bonds. The van der Waals surface area contributed by atoms with Crippen LogP contribution in [0.4, 0.5) is 0 Å². The number of carbonyl (C=O) groups is 2. The fraction of sp³-hybridized carbons (Fsp3) is 0.300. The van der Waals surface area contributed by atoms with Gasteiger partial charge in [0.15, 0.2) is 5.78 Å². The Morgan fingerprint density at radius 2 is 1.67 bits per heavy atom.